The Balaban J connectivity index is 1.63. The average Bonchev–Trinajstić information content (AvgIpc) is 2.22. The van der Waals surface area contributed by atoms with E-state index in [4.69, 9.17) is 4.74 Å². The van der Waals surface area contributed by atoms with Gasteiger partial charge in [-0.25, -0.2) is 4.79 Å². The van der Waals surface area contributed by atoms with Gasteiger partial charge >= 0.3 is 6.09 Å². The molecular formula is C14H26N2O2. The second-order valence-electron chi connectivity index (χ2n) is 6.94. The van der Waals surface area contributed by atoms with Crippen molar-refractivity contribution in [1.29, 1.82) is 0 Å². The Morgan fingerprint density at radius 3 is 2.72 bits per heavy atom. The molecule has 1 aliphatic heterocycles. The lowest BCUT2D eigenvalue weighted by atomic mass is 9.59. The summed E-state index contributed by atoms with van der Waals surface area (Å²) in [5.41, 5.74) is 0.136. The van der Waals surface area contributed by atoms with Gasteiger partial charge in [-0.1, -0.05) is 0 Å². The highest BCUT2D eigenvalue weighted by Crippen LogP contribution is 2.49. The molecule has 1 saturated carbocycles. The van der Waals surface area contributed by atoms with Gasteiger partial charge in [-0.2, -0.15) is 0 Å². The zero-order chi connectivity index (χ0) is 13.2. The molecule has 4 heteroatoms. The van der Waals surface area contributed by atoms with Crippen LogP contribution in [0.1, 0.15) is 46.5 Å². The van der Waals surface area contributed by atoms with Crippen LogP contribution in [0.3, 0.4) is 0 Å². The molecule has 2 aliphatic rings. The molecular weight excluding hydrogens is 228 g/mol. The molecule has 0 aromatic carbocycles. The van der Waals surface area contributed by atoms with E-state index in [2.05, 4.69) is 10.6 Å². The maximum absolute atomic E-state index is 11.5. The van der Waals surface area contributed by atoms with Crippen molar-refractivity contribution in [2.45, 2.75) is 52.1 Å². The van der Waals surface area contributed by atoms with Gasteiger partial charge in [-0.15, -0.1) is 0 Å². The average molecular weight is 254 g/mol. The first-order valence-corrected chi connectivity index (χ1v) is 7.06. The number of hydrogen-bond donors (Lipinski definition) is 2. The van der Waals surface area contributed by atoms with Gasteiger partial charge in [0.1, 0.15) is 5.60 Å². The topological polar surface area (TPSA) is 50.4 Å². The molecule has 0 atom stereocenters. The number of amides is 1. The summed E-state index contributed by atoms with van der Waals surface area (Å²) in [6, 6.07) is 0. The SMILES string of the molecule is CC(C)(C)OC(=O)NCC1CC2(CCCNC2)C1. The number of nitrogens with one attached hydrogen (secondary N) is 2. The third kappa shape index (κ3) is 3.61. The fraction of sp³-hybridized carbons (Fsp3) is 0.929. The van der Waals surface area contributed by atoms with Crippen molar-refractivity contribution in [1.82, 2.24) is 10.6 Å². The quantitative estimate of drug-likeness (QED) is 0.795. The Labute approximate surface area is 110 Å². The van der Waals surface area contributed by atoms with Crippen molar-refractivity contribution < 1.29 is 9.53 Å². The summed E-state index contributed by atoms with van der Waals surface area (Å²) in [4.78, 5) is 11.5. The molecule has 0 bridgehead atoms. The van der Waals surface area contributed by atoms with Gasteiger partial charge in [-0.05, 0) is 64.3 Å². The maximum Gasteiger partial charge on any atom is 0.407 e. The number of hydrogen-bond acceptors (Lipinski definition) is 3. The summed E-state index contributed by atoms with van der Waals surface area (Å²) in [5, 5.41) is 6.36. The molecule has 0 radical (unpaired) electrons. The minimum atomic E-state index is -0.405. The fourth-order valence-corrected chi connectivity index (χ4v) is 3.23. The van der Waals surface area contributed by atoms with Crippen molar-refractivity contribution in [2.24, 2.45) is 11.3 Å². The second-order valence-corrected chi connectivity index (χ2v) is 6.94. The van der Waals surface area contributed by atoms with E-state index in [0.29, 0.717) is 11.3 Å². The van der Waals surface area contributed by atoms with Crippen LogP contribution in [0, 0.1) is 11.3 Å². The summed E-state index contributed by atoms with van der Waals surface area (Å²) < 4.78 is 5.23. The predicted octanol–water partition coefficient (Wildman–Crippen LogP) is 2.29. The van der Waals surface area contributed by atoms with Gasteiger partial charge in [0.25, 0.3) is 0 Å². The zero-order valence-electron chi connectivity index (χ0n) is 11.8. The van der Waals surface area contributed by atoms with Crippen LogP contribution in [0.2, 0.25) is 0 Å². The van der Waals surface area contributed by atoms with Gasteiger partial charge in [0.2, 0.25) is 0 Å². The number of carbonyl (C=O) groups is 1. The third-order valence-electron chi connectivity index (χ3n) is 3.94. The molecule has 1 heterocycles. The minimum Gasteiger partial charge on any atom is -0.444 e. The van der Waals surface area contributed by atoms with Gasteiger partial charge < -0.3 is 15.4 Å². The fourth-order valence-electron chi connectivity index (χ4n) is 3.23. The maximum atomic E-state index is 11.5. The molecule has 1 aliphatic carbocycles. The van der Waals surface area contributed by atoms with E-state index in [-0.39, 0.29) is 6.09 Å². The van der Waals surface area contributed by atoms with Gasteiger partial charge in [-0.3, -0.25) is 0 Å². The first-order chi connectivity index (χ1) is 8.39. The number of alkyl carbamates (subject to hydrolysis) is 1. The molecule has 104 valence electrons. The van der Waals surface area contributed by atoms with E-state index in [0.717, 1.165) is 13.1 Å². The molecule has 18 heavy (non-hydrogen) atoms. The lowest BCUT2D eigenvalue weighted by molar-refractivity contribution is 0.0211. The lowest BCUT2D eigenvalue weighted by Gasteiger charge is -2.50. The van der Waals surface area contributed by atoms with Crippen molar-refractivity contribution in [3.63, 3.8) is 0 Å². The van der Waals surface area contributed by atoms with Crippen LogP contribution in [0.5, 0.6) is 0 Å². The molecule has 2 rings (SSSR count). The predicted molar refractivity (Wildman–Crippen MR) is 71.5 cm³/mol. The Bertz CT molecular complexity index is 295. The standard InChI is InChI=1S/C14H26N2O2/c1-13(2,3)18-12(17)16-9-11-7-14(8-11)5-4-6-15-10-14/h11,15H,4-10H2,1-3H3,(H,16,17). The van der Waals surface area contributed by atoms with Gasteiger partial charge in [0.05, 0.1) is 0 Å². The summed E-state index contributed by atoms with van der Waals surface area (Å²) in [5.74, 6) is 0.636. The lowest BCUT2D eigenvalue weighted by Crippen LogP contribution is -2.51. The molecule has 4 nitrogen and oxygen atoms in total. The summed E-state index contributed by atoms with van der Waals surface area (Å²) in [6.45, 7) is 8.75. The second kappa shape index (κ2) is 5.08. The molecule has 1 saturated heterocycles. The minimum absolute atomic E-state index is 0.287. The van der Waals surface area contributed by atoms with E-state index in [1.165, 1.54) is 32.2 Å². The Morgan fingerprint density at radius 1 is 1.44 bits per heavy atom. The van der Waals surface area contributed by atoms with Gasteiger partial charge in [0.15, 0.2) is 0 Å². The Hall–Kier alpha value is -0.770. The highest BCUT2D eigenvalue weighted by Gasteiger charge is 2.44. The zero-order valence-corrected chi connectivity index (χ0v) is 11.8. The first-order valence-electron chi connectivity index (χ1n) is 7.06. The smallest absolute Gasteiger partial charge is 0.407 e. The summed E-state index contributed by atoms with van der Waals surface area (Å²) >= 11 is 0. The van der Waals surface area contributed by atoms with E-state index < -0.39 is 5.60 Å². The highest BCUT2D eigenvalue weighted by molar-refractivity contribution is 5.67. The van der Waals surface area contributed by atoms with Crippen molar-refractivity contribution in [2.75, 3.05) is 19.6 Å². The Morgan fingerprint density at radius 2 is 2.17 bits per heavy atom. The number of piperidine rings is 1. The van der Waals surface area contributed by atoms with Crippen LogP contribution < -0.4 is 10.6 Å². The highest BCUT2D eigenvalue weighted by atomic mass is 16.6. The summed E-state index contributed by atoms with van der Waals surface area (Å²) in [6.07, 6.45) is 4.85. The van der Waals surface area contributed by atoms with Crippen LogP contribution in [0.15, 0.2) is 0 Å². The van der Waals surface area contributed by atoms with Crippen LogP contribution in [0.25, 0.3) is 0 Å². The van der Waals surface area contributed by atoms with Crippen molar-refractivity contribution in [3.05, 3.63) is 0 Å². The van der Waals surface area contributed by atoms with E-state index in [9.17, 15) is 4.79 Å². The number of carbonyl (C=O) groups excluding carboxylic acids is 1. The molecule has 1 amide bonds. The van der Waals surface area contributed by atoms with Crippen LogP contribution in [-0.2, 0) is 4.74 Å². The monoisotopic (exact) mass is 254 g/mol. The third-order valence-corrected chi connectivity index (χ3v) is 3.94. The molecule has 2 fully saturated rings. The van der Waals surface area contributed by atoms with Crippen LogP contribution in [-0.4, -0.2) is 31.3 Å². The van der Waals surface area contributed by atoms with Gasteiger partial charge in [0, 0.05) is 13.1 Å². The van der Waals surface area contributed by atoms with Crippen LogP contribution in [0.4, 0.5) is 4.79 Å². The first kappa shape index (κ1) is 13.7. The number of rotatable bonds is 2. The normalized spacial score (nSPS) is 31.8. The molecule has 0 aromatic heterocycles. The van der Waals surface area contributed by atoms with E-state index in [1.807, 2.05) is 20.8 Å². The molecule has 0 aromatic rings. The largest absolute Gasteiger partial charge is 0.444 e. The molecule has 1 spiro atoms. The van der Waals surface area contributed by atoms with Crippen LogP contribution >= 0.6 is 0 Å². The Kier molecular flexibility index (Phi) is 3.85. The van der Waals surface area contributed by atoms with E-state index >= 15 is 0 Å². The van der Waals surface area contributed by atoms with E-state index in [1.54, 1.807) is 0 Å². The van der Waals surface area contributed by atoms with Crippen molar-refractivity contribution >= 4 is 6.09 Å². The molecule has 2 N–H and O–H groups in total. The van der Waals surface area contributed by atoms with Crippen molar-refractivity contribution in [3.8, 4) is 0 Å². The number of ether oxygens (including phenoxy) is 1. The summed E-state index contributed by atoms with van der Waals surface area (Å²) in [7, 11) is 0. The molecule has 0 unspecified atom stereocenters.